The van der Waals surface area contributed by atoms with E-state index >= 15 is 0 Å². The maximum Gasteiger partial charge on any atom is 0.227 e. The van der Waals surface area contributed by atoms with E-state index in [-0.39, 0.29) is 12.3 Å². The number of anilines is 1. The van der Waals surface area contributed by atoms with Crippen LogP contribution in [0.1, 0.15) is 51.5 Å². The van der Waals surface area contributed by atoms with Crippen LogP contribution in [0.2, 0.25) is 0 Å². The van der Waals surface area contributed by atoms with Crippen LogP contribution in [0.25, 0.3) is 11.4 Å². The van der Waals surface area contributed by atoms with Crippen molar-refractivity contribution in [3.05, 3.63) is 53.9 Å². The topological polar surface area (TPSA) is 89.7 Å². The van der Waals surface area contributed by atoms with Crippen LogP contribution >= 0.6 is 0 Å². The molecule has 3 aromatic rings. The van der Waals surface area contributed by atoms with E-state index < -0.39 is 0 Å². The van der Waals surface area contributed by atoms with E-state index in [1.807, 2.05) is 12.1 Å². The number of carbonyl (C=O) groups excluding carboxylic acids is 1. The van der Waals surface area contributed by atoms with Crippen LogP contribution in [0.3, 0.4) is 0 Å². The number of amides is 1. The number of nitrogens with one attached hydrogen (secondary N) is 1. The van der Waals surface area contributed by atoms with Crippen LogP contribution in [0.4, 0.5) is 5.69 Å². The summed E-state index contributed by atoms with van der Waals surface area (Å²) in [5, 5.41) is 6.96. The SMILES string of the molecule is CCN(CC)CCOc1cc(NC(=O)CCc2nc(-c3ccc(C(C)C)cc3)no2)ccc1OC. The lowest BCUT2D eigenvalue weighted by atomic mass is 10.0. The van der Waals surface area contributed by atoms with E-state index in [0.717, 1.165) is 25.2 Å². The summed E-state index contributed by atoms with van der Waals surface area (Å²) in [6.45, 7) is 11.9. The van der Waals surface area contributed by atoms with Gasteiger partial charge in [-0.2, -0.15) is 4.98 Å². The zero-order valence-corrected chi connectivity index (χ0v) is 21.3. The Bertz CT molecular complexity index is 1080. The molecule has 0 radical (unpaired) electrons. The normalized spacial score (nSPS) is 11.2. The summed E-state index contributed by atoms with van der Waals surface area (Å²) in [7, 11) is 1.60. The third kappa shape index (κ3) is 7.55. The summed E-state index contributed by atoms with van der Waals surface area (Å²) in [6, 6.07) is 13.5. The number of rotatable bonds is 13. The summed E-state index contributed by atoms with van der Waals surface area (Å²) in [5.74, 6) is 2.50. The standard InChI is InChI=1S/C27H36N4O4/c1-6-31(7-2)16-17-34-24-18-22(12-13-23(24)33-5)28-25(32)14-15-26-29-27(30-35-26)21-10-8-20(9-11-21)19(3)4/h8-13,18-19H,6-7,14-17H2,1-5H3,(H,28,32). The van der Waals surface area contributed by atoms with Crippen LogP contribution in [-0.2, 0) is 11.2 Å². The van der Waals surface area contributed by atoms with Gasteiger partial charge in [-0.3, -0.25) is 4.79 Å². The fourth-order valence-corrected chi connectivity index (χ4v) is 3.63. The van der Waals surface area contributed by atoms with E-state index in [1.165, 1.54) is 5.56 Å². The van der Waals surface area contributed by atoms with E-state index in [2.05, 4.69) is 60.2 Å². The molecule has 0 saturated carbocycles. The molecule has 1 aromatic heterocycles. The van der Waals surface area contributed by atoms with Crippen molar-refractivity contribution in [1.82, 2.24) is 15.0 Å². The molecular formula is C27H36N4O4. The second-order valence-corrected chi connectivity index (χ2v) is 8.58. The van der Waals surface area contributed by atoms with E-state index in [0.29, 0.717) is 47.8 Å². The summed E-state index contributed by atoms with van der Waals surface area (Å²) in [5.41, 5.74) is 2.79. The molecule has 0 bridgehead atoms. The molecule has 1 amide bonds. The lowest BCUT2D eigenvalue weighted by Crippen LogP contribution is -2.28. The molecule has 2 aromatic carbocycles. The fourth-order valence-electron chi connectivity index (χ4n) is 3.63. The van der Waals surface area contributed by atoms with Crippen LogP contribution in [0, 0.1) is 0 Å². The molecule has 0 aliphatic heterocycles. The largest absolute Gasteiger partial charge is 0.493 e. The predicted octanol–water partition coefficient (Wildman–Crippen LogP) is 5.16. The lowest BCUT2D eigenvalue weighted by Gasteiger charge is -2.19. The monoisotopic (exact) mass is 480 g/mol. The van der Waals surface area contributed by atoms with Gasteiger partial charge in [0.05, 0.1) is 7.11 Å². The van der Waals surface area contributed by atoms with Crippen molar-refractivity contribution in [1.29, 1.82) is 0 Å². The Morgan fingerprint density at radius 1 is 1.09 bits per heavy atom. The average molecular weight is 481 g/mol. The molecule has 8 nitrogen and oxygen atoms in total. The van der Waals surface area contributed by atoms with Crippen LogP contribution < -0.4 is 14.8 Å². The minimum Gasteiger partial charge on any atom is -0.493 e. The number of benzene rings is 2. The van der Waals surface area contributed by atoms with Crippen molar-refractivity contribution in [3.8, 4) is 22.9 Å². The van der Waals surface area contributed by atoms with Crippen LogP contribution in [0.15, 0.2) is 47.0 Å². The number of hydrogen-bond donors (Lipinski definition) is 1. The Morgan fingerprint density at radius 3 is 2.49 bits per heavy atom. The van der Waals surface area contributed by atoms with Gasteiger partial charge >= 0.3 is 0 Å². The lowest BCUT2D eigenvalue weighted by molar-refractivity contribution is -0.116. The first kappa shape index (κ1) is 26.2. The van der Waals surface area contributed by atoms with Gasteiger partial charge in [0.25, 0.3) is 0 Å². The van der Waals surface area contributed by atoms with Crippen molar-refractivity contribution in [2.75, 3.05) is 38.7 Å². The van der Waals surface area contributed by atoms with Gasteiger partial charge in [-0.25, -0.2) is 0 Å². The smallest absolute Gasteiger partial charge is 0.227 e. The zero-order chi connectivity index (χ0) is 25.2. The van der Waals surface area contributed by atoms with Crippen LogP contribution in [-0.4, -0.2) is 54.3 Å². The average Bonchev–Trinajstić information content (AvgIpc) is 3.35. The maximum absolute atomic E-state index is 12.5. The van der Waals surface area contributed by atoms with E-state index in [9.17, 15) is 4.79 Å². The molecule has 0 aliphatic rings. The van der Waals surface area contributed by atoms with Gasteiger partial charge in [0.1, 0.15) is 6.61 Å². The number of methoxy groups -OCH3 is 1. The van der Waals surface area contributed by atoms with Gasteiger partial charge in [-0.1, -0.05) is 57.1 Å². The first-order valence-electron chi connectivity index (χ1n) is 12.2. The van der Waals surface area contributed by atoms with Crippen molar-refractivity contribution in [2.45, 2.75) is 46.5 Å². The molecule has 8 heteroatoms. The molecule has 1 N–H and O–H groups in total. The molecule has 35 heavy (non-hydrogen) atoms. The number of likely N-dealkylation sites (N-methyl/N-ethyl adjacent to an activating group) is 1. The molecule has 3 rings (SSSR count). The first-order valence-corrected chi connectivity index (χ1v) is 12.2. The second-order valence-electron chi connectivity index (χ2n) is 8.58. The number of aryl methyl sites for hydroxylation is 1. The second kappa shape index (κ2) is 12.9. The minimum absolute atomic E-state index is 0.148. The summed E-state index contributed by atoms with van der Waals surface area (Å²) >= 11 is 0. The third-order valence-corrected chi connectivity index (χ3v) is 5.88. The molecule has 188 valence electrons. The molecule has 0 unspecified atom stereocenters. The van der Waals surface area contributed by atoms with Gasteiger partial charge < -0.3 is 24.2 Å². The molecule has 0 atom stereocenters. The van der Waals surface area contributed by atoms with Crippen molar-refractivity contribution in [2.24, 2.45) is 0 Å². The molecule has 1 heterocycles. The summed E-state index contributed by atoms with van der Waals surface area (Å²) in [4.78, 5) is 19.2. The van der Waals surface area contributed by atoms with Crippen molar-refractivity contribution >= 4 is 11.6 Å². The van der Waals surface area contributed by atoms with Gasteiger partial charge in [-0.15, -0.1) is 0 Å². The van der Waals surface area contributed by atoms with Crippen molar-refractivity contribution < 1.29 is 18.8 Å². The maximum atomic E-state index is 12.5. The molecule has 0 spiro atoms. The molecule has 0 aliphatic carbocycles. The Hall–Kier alpha value is -3.39. The quantitative estimate of drug-likeness (QED) is 0.361. The Balaban J connectivity index is 1.54. The van der Waals surface area contributed by atoms with Gasteiger partial charge in [0.2, 0.25) is 17.6 Å². The highest BCUT2D eigenvalue weighted by atomic mass is 16.5. The number of aromatic nitrogens is 2. The van der Waals surface area contributed by atoms with Crippen LogP contribution in [0.5, 0.6) is 11.5 Å². The van der Waals surface area contributed by atoms with Gasteiger partial charge in [0, 0.05) is 36.7 Å². The Kier molecular flexibility index (Phi) is 9.66. The molecular weight excluding hydrogens is 444 g/mol. The van der Waals surface area contributed by atoms with E-state index in [4.69, 9.17) is 14.0 Å². The Morgan fingerprint density at radius 2 is 1.83 bits per heavy atom. The summed E-state index contributed by atoms with van der Waals surface area (Å²) < 4.78 is 16.7. The van der Waals surface area contributed by atoms with E-state index in [1.54, 1.807) is 25.3 Å². The highest BCUT2D eigenvalue weighted by Crippen LogP contribution is 2.30. The fraction of sp³-hybridized carbons (Fsp3) is 0.444. The highest BCUT2D eigenvalue weighted by molar-refractivity contribution is 5.91. The Labute approximate surface area is 207 Å². The number of carbonyl (C=O) groups is 1. The van der Waals surface area contributed by atoms with Crippen molar-refractivity contribution in [3.63, 3.8) is 0 Å². The van der Waals surface area contributed by atoms with Gasteiger partial charge in [0.15, 0.2) is 11.5 Å². The number of ether oxygens (including phenoxy) is 2. The predicted molar refractivity (Wildman–Crippen MR) is 137 cm³/mol. The zero-order valence-electron chi connectivity index (χ0n) is 21.3. The number of nitrogens with zero attached hydrogens (tertiary/aromatic N) is 3. The number of hydrogen-bond acceptors (Lipinski definition) is 7. The first-order chi connectivity index (χ1) is 16.9. The highest BCUT2D eigenvalue weighted by Gasteiger charge is 2.13. The third-order valence-electron chi connectivity index (χ3n) is 5.88. The van der Waals surface area contributed by atoms with Gasteiger partial charge in [-0.05, 0) is 36.7 Å². The molecule has 0 saturated heterocycles. The molecule has 0 fully saturated rings. The summed E-state index contributed by atoms with van der Waals surface area (Å²) in [6.07, 6.45) is 0.574. The minimum atomic E-state index is -0.148.